The Morgan fingerprint density at radius 3 is 2.24 bits per heavy atom. The largest absolute Gasteiger partial charge is 0.381 e. The van der Waals surface area contributed by atoms with Gasteiger partial charge in [0.15, 0.2) is 0 Å². The molecule has 0 unspecified atom stereocenters. The van der Waals surface area contributed by atoms with Crippen molar-refractivity contribution < 1.29 is 0 Å². The molecular formula is C31H29NS. The van der Waals surface area contributed by atoms with E-state index in [0.717, 1.165) is 12.5 Å². The van der Waals surface area contributed by atoms with Crippen LogP contribution in [0, 0.1) is 0 Å². The van der Waals surface area contributed by atoms with Crippen LogP contribution in [0.2, 0.25) is 0 Å². The monoisotopic (exact) mass is 447 g/mol. The molecule has 0 saturated heterocycles. The third kappa shape index (κ3) is 3.98. The van der Waals surface area contributed by atoms with Crippen LogP contribution in [-0.4, -0.2) is 6.54 Å². The third-order valence-electron chi connectivity index (χ3n) is 7.13. The lowest BCUT2D eigenvalue weighted by Gasteiger charge is -2.24. The minimum Gasteiger partial charge on any atom is -0.381 e. The molecule has 0 atom stereocenters. The first kappa shape index (κ1) is 20.6. The van der Waals surface area contributed by atoms with Crippen molar-refractivity contribution in [1.82, 2.24) is 0 Å². The molecule has 1 fully saturated rings. The van der Waals surface area contributed by atoms with Gasteiger partial charge in [0, 0.05) is 27.5 Å². The van der Waals surface area contributed by atoms with Crippen LogP contribution < -0.4 is 5.32 Å². The van der Waals surface area contributed by atoms with Crippen molar-refractivity contribution in [3.63, 3.8) is 0 Å². The molecule has 1 aliphatic carbocycles. The molecule has 1 N–H and O–H groups in total. The summed E-state index contributed by atoms with van der Waals surface area (Å²) in [6, 6.07) is 29.1. The normalized spacial score (nSPS) is 15.9. The predicted octanol–water partition coefficient (Wildman–Crippen LogP) is 9.14. The van der Waals surface area contributed by atoms with E-state index >= 15 is 0 Å². The van der Waals surface area contributed by atoms with Gasteiger partial charge in [-0.05, 0) is 52.8 Å². The van der Waals surface area contributed by atoms with E-state index in [0.29, 0.717) is 0 Å². The van der Waals surface area contributed by atoms with E-state index in [-0.39, 0.29) is 0 Å². The zero-order valence-corrected chi connectivity index (χ0v) is 19.7. The fourth-order valence-electron chi connectivity index (χ4n) is 5.48. The van der Waals surface area contributed by atoms with Gasteiger partial charge in [0.2, 0.25) is 0 Å². The van der Waals surface area contributed by atoms with E-state index in [2.05, 4.69) is 96.3 Å². The zero-order valence-electron chi connectivity index (χ0n) is 18.9. The molecule has 0 aromatic heterocycles. The van der Waals surface area contributed by atoms with Crippen LogP contribution in [0.15, 0.2) is 94.7 Å². The summed E-state index contributed by atoms with van der Waals surface area (Å²) in [5.41, 5.74) is 6.65. The summed E-state index contributed by atoms with van der Waals surface area (Å²) in [4.78, 5) is 2.66. The third-order valence-corrected chi connectivity index (χ3v) is 8.28. The summed E-state index contributed by atoms with van der Waals surface area (Å²) in [7, 11) is 0. The number of hydrogen-bond acceptors (Lipinski definition) is 2. The second-order valence-electron chi connectivity index (χ2n) is 9.19. The molecule has 4 aromatic rings. The standard InChI is InChI=1S/C31H29NS/c1-3-10-22(11-4-1)23-17-19-25(20-18-23)33-31-27-15-8-7-14-26(27)29(24-12-5-2-6-13-24)30-28(31)16-9-21-32-30/h2,5-9,12-20,22,32H,1,3-4,10-11,21H2. The predicted molar refractivity (Wildman–Crippen MR) is 143 cm³/mol. The summed E-state index contributed by atoms with van der Waals surface area (Å²) in [5.74, 6) is 0.753. The SMILES string of the molecule is C1=Cc2c(c(-c3ccccc3)c3ccccc3c2Sc2ccc(C3CCCCC3)cc2)NC1. The number of fused-ring (bicyclic) bond motifs is 2. The van der Waals surface area contributed by atoms with Crippen LogP contribution in [0.4, 0.5) is 5.69 Å². The average molecular weight is 448 g/mol. The molecular weight excluding hydrogens is 418 g/mol. The molecule has 1 heterocycles. The molecule has 1 saturated carbocycles. The number of hydrogen-bond donors (Lipinski definition) is 1. The molecule has 4 aromatic carbocycles. The van der Waals surface area contributed by atoms with Gasteiger partial charge >= 0.3 is 0 Å². The van der Waals surface area contributed by atoms with Gasteiger partial charge in [-0.15, -0.1) is 0 Å². The van der Waals surface area contributed by atoms with Crippen LogP contribution in [0.3, 0.4) is 0 Å². The Morgan fingerprint density at radius 2 is 1.45 bits per heavy atom. The fraction of sp³-hybridized carbons (Fsp3) is 0.226. The molecule has 0 amide bonds. The maximum Gasteiger partial charge on any atom is 0.0513 e. The Hall–Kier alpha value is -2.97. The molecule has 1 nitrogen and oxygen atoms in total. The van der Waals surface area contributed by atoms with Gasteiger partial charge in [0.05, 0.1) is 5.69 Å². The Morgan fingerprint density at radius 1 is 0.727 bits per heavy atom. The van der Waals surface area contributed by atoms with E-state index in [1.807, 2.05) is 11.8 Å². The van der Waals surface area contributed by atoms with Gasteiger partial charge in [0.1, 0.15) is 0 Å². The van der Waals surface area contributed by atoms with E-state index < -0.39 is 0 Å². The van der Waals surface area contributed by atoms with E-state index in [9.17, 15) is 0 Å². The van der Waals surface area contributed by atoms with Crippen molar-refractivity contribution in [3.05, 3.63) is 96.1 Å². The first-order valence-electron chi connectivity index (χ1n) is 12.2. The Bertz CT molecular complexity index is 1300. The first-order valence-corrected chi connectivity index (χ1v) is 13.0. The van der Waals surface area contributed by atoms with Crippen molar-refractivity contribution in [2.24, 2.45) is 0 Å². The minimum absolute atomic E-state index is 0.753. The van der Waals surface area contributed by atoms with Gasteiger partial charge in [-0.2, -0.15) is 0 Å². The quantitative estimate of drug-likeness (QED) is 0.335. The highest BCUT2D eigenvalue weighted by Crippen LogP contribution is 2.48. The maximum absolute atomic E-state index is 3.70. The second kappa shape index (κ2) is 9.11. The molecule has 0 radical (unpaired) electrons. The Kier molecular flexibility index (Phi) is 5.69. The molecule has 33 heavy (non-hydrogen) atoms. The van der Waals surface area contributed by atoms with Gasteiger partial charge in [-0.1, -0.05) is 110 Å². The highest BCUT2D eigenvalue weighted by atomic mass is 32.2. The van der Waals surface area contributed by atoms with Crippen LogP contribution in [0.1, 0.15) is 49.1 Å². The lowest BCUT2D eigenvalue weighted by molar-refractivity contribution is 0.443. The topological polar surface area (TPSA) is 12.0 Å². The number of benzene rings is 4. The van der Waals surface area contributed by atoms with Crippen LogP contribution in [0.25, 0.3) is 28.0 Å². The van der Waals surface area contributed by atoms with E-state index in [4.69, 9.17) is 0 Å². The number of anilines is 1. The van der Waals surface area contributed by atoms with Crippen molar-refractivity contribution in [1.29, 1.82) is 0 Å². The molecule has 0 spiro atoms. The zero-order chi connectivity index (χ0) is 22.0. The van der Waals surface area contributed by atoms with Gasteiger partial charge in [0.25, 0.3) is 0 Å². The Labute approximate surface area is 200 Å². The fourth-order valence-corrected chi connectivity index (χ4v) is 6.56. The van der Waals surface area contributed by atoms with E-state index in [1.54, 1.807) is 0 Å². The summed E-state index contributed by atoms with van der Waals surface area (Å²) in [5, 5.41) is 6.34. The van der Waals surface area contributed by atoms with Crippen molar-refractivity contribution >= 4 is 34.3 Å². The Balaban J connectivity index is 1.45. The van der Waals surface area contributed by atoms with Crippen molar-refractivity contribution in [2.75, 3.05) is 11.9 Å². The average Bonchev–Trinajstić information content (AvgIpc) is 2.90. The van der Waals surface area contributed by atoms with Gasteiger partial charge in [-0.25, -0.2) is 0 Å². The van der Waals surface area contributed by atoms with Crippen LogP contribution in [0.5, 0.6) is 0 Å². The molecule has 0 bridgehead atoms. The highest BCUT2D eigenvalue weighted by Gasteiger charge is 2.21. The maximum atomic E-state index is 3.70. The summed E-state index contributed by atoms with van der Waals surface area (Å²) in [6.45, 7) is 0.866. The molecule has 164 valence electrons. The highest BCUT2D eigenvalue weighted by molar-refractivity contribution is 7.99. The smallest absolute Gasteiger partial charge is 0.0513 e. The summed E-state index contributed by atoms with van der Waals surface area (Å²) in [6.07, 6.45) is 11.4. The van der Waals surface area contributed by atoms with Crippen molar-refractivity contribution in [2.45, 2.75) is 47.8 Å². The summed E-state index contributed by atoms with van der Waals surface area (Å²) < 4.78 is 0. The van der Waals surface area contributed by atoms with Crippen molar-refractivity contribution in [3.8, 4) is 11.1 Å². The lowest BCUT2D eigenvalue weighted by atomic mass is 9.84. The first-order chi connectivity index (χ1) is 16.4. The minimum atomic E-state index is 0.753. The molecule has 6 rings (SSSR count). The second-order valence-corrected chi connectivity index (χ2v) is 10.3. The number of nitrogens with one attached hydrogen (secondary N) is 1. The van der Waals surface area contributed by atoms with Gasteiger partial charge in [-0.3, -0.25) is 0 Å². The van der Waals surface area contributed by atoms with E-state index in [1.165, 1.54) is 80.6 Å². The number of rotatable bonds is 4. The van der Waals surface area contributed by atoms with Crippen LogP contribution in [-0.2, 0) is 0 Å². The van der Waals surface area contributed by atoms with Crippen LogP contribution >= 0.6 is 11.8 Å². The van der Waals surface area contributed by atoms with Gasteiger partial charge < -0.3 is 5.32 Å². The molecule has 2 heteroatoms. The summed E-state index contributed by atoms with van der Waals surface area (Å²) >= 11 is 1.90. The lowest BCUT2D eigenvalue weighted by Crippen LogP contribution is -2.08. The molecule has 2 aliphatic rings. The molecule has 1 aliphatic heterocycles.